The van der Waals surface area contributed by atoms with Crippen LogP contribution >= 0.6 is 0 Å². The summed E-state index contributed by atoms with van der Waals surface area (Å²) in [6, 6.07) is 21.5. The van der Waals surface area contributed by atoms with Gasteiger partial charge in [-0.2, -0.15) is 0 Å². The quantitative estimate of drug-likeness (QED) is 0.329. The first-order chi connectivity index (χ1) is 11.9. The van der Waals surface area contributed by atoms with E-state index in [1.807, 2.05) is 12.3 Å². The van der Waals surface area contributed by atoms with E-state index < -0.39 is 0 Å². The molecule has 0 amide bonds. The van der Waals surface area contributed by atoms with Gasteiger partial charge in [0.05, 0.1) is 0 Å². The van der Waals surface area contributed by atoms with Crippen LogP contribution in [0.4, 0.5) is 0 Å². The summed E-state index contributed by atoms with van der Waals surface area (Å²) in [5.41, 5.74) is 2.95. The van der Waals surface area contributed by atoms with Gasteiger partial charge in [0.25, 0.3) is 0 Å². The molecule has 3 aromatic heterocycles. The fraction of sp³-hybridized carbons (Fsp3) is 0. The summed E-state index contributed by atoms with van der Waals surface area (Å²) in [5, 5.41) is 6.30. The molecule has 0 aliphatic rings. The SMILES string of the molecule is c1ccc2c(c1)ccc1c3nccc4oc5cccc([se]c21)c5c43. The van der Waals surface area contributed by atoms with Gasteiger partial charge in [-0.05, 0) is 0 Å². The number of pyridine rings is 1. The molecule has 3 heteroatoms. The summed E-state index contributed by atoms with van der Waals surface area (Å²) in [4.78, 5) is 4.75. The number of nitrogens with zero attached hydrogens (tertiary/aromatic N) is 1. The van der Waals surface area contributed by atoms with E-state index in [4.69, 9.17) is 9.40 Å². The van der Waals surface area contributed by atoms with Gasteiger partial charge in [0, 0.05) is 0 Å². The van der Waals surface area contributed by atoms with Crippen molar-refractivity contribution in [1.82, 2.24) is 4.98 Å². The van der Waals surface area contributed by atoms with Gasteiger partial charge >= 0.3 is 143 Å². The summed E-state index contributed by atoms with van der Waals surface area (Å²) < 4.78 is 8.88. The van der Waals surface area contributed by atoms with Crippen molar-refractivity contribution in [2.75, 3.05) is 0 Å². The van der Waals surface area contributed by atoms with Crippen molar-refractivity contribution < 1.29 is 4.42 Å². The van der Waals surface area contributed by atoms with Crippen LogP contribution < -0.4 is 0 Å². The van der Waals surface area contributed by atoms with Gasteiger partial charge in [-0.3, -0.25) is 0 Å². The van der Waals surface area contributed by atoms with Crippen LogP contribution in [0.1, 0.15) is 0 Å². The number of hydrogen-bond donors (Lipinski definition) is 0. The van der Waals surface area contributed by atoms with E-state index in [-0.39, 0.29) is 14.5 Å². The Balaban J connectivity index is 2.08. The standard InChI is InChI=1S/C21H11NOSe/c1-2-5-13-12(4-1)8-9-14-20-19-16(10-11-22-20)23-15-6-3-7-17(18(15)19)24-21(13)14/h1-11H. The van der Waals surface area contributed by atoms with E-state index >= 15 is 0 Å². The van der Waals surface area contributed by atoms with Crippen LogP contribution in [0.15, 0.2) is 71.3 Å². The van der Waals surface area contributed by atoms with Gasteiger partial charge in [0.15, 0.2) is 0 Å². The number of benzene rings is 3. The van der Waals surface area contributed by atoms with Crippen molar-refractivity contribution >= 4 is 66.6 Å². The molecule has 0 N–H and O–H groups in total. The summed E-state index contributed by atoms with van der Waals surface area (Å²) in [6.45, 7) is 0. The van der Waals surface area contributed by atoms with Crippen LogP contribution in [0.2, 0.25) is 0 Å². The molecule has 0 aliphatic heterocycles. The van der Waals surface area contributed by atoms with Crippen LogP contribution in [0, 0.1) is 0 Å². The molecule has 3 aromatic carbocycles. The second-order valence-corrected chi connectivity index (χ2v) is 8.24. The molecule has 0 fully saturated rings. The molecule has 2 nitrogen and oxygen atoms in total. The first-order valence-electron chi connectivity index (χ1n) is 7.90. The molecule has 6 aromatic rings. The molecule has 0 aliphatic carbocycles. The second-order valence-electron chi connectivity index (χ2n) is 6.03. The first kappa shape index (κ1) is 12.8. The van der Waals surface area contributed by atoms with Crippen molar-refractivity contribution in [3.8, 4) is 0 Å². The molecule has 3 heterocycles. The van der Waals surface area contributed by atoms with E-state index in [1.54, 1.807) is 0 Å². The topological polar surface area (TPSA) is 26.0 Å². The van der Waals surface area contributed by atoms with E-state index in [9.17, 15) is 0 Å². The number of rotatable bonds is 0. The molecule has 0 spiro atoms. The van der Waals surface area contributed by atoms with E-state index in [1.165, 1.54) is 35.5 Å². The summed E-state index contributed by atoms with van der Waals surface area (Å²) >= 11 is 0.215. The predicted octanol–water partition coefficient (Wildman–Crippen LogP) is 5.50. The third-order valence-electron chi connectivity index (χ3n) is 4.72. The van der Waals surface area contributed by atoms with Crippen molar-refractivity contribution in [2.24, 2.45) is 0 Å². The summed E-state index contributed by atoms with van der Waals surface area (Å²) in [6.07, 6.45) is 1.86. The van der Waals surface area contributed by atoms with Crippen LogP contribution in [-0.2, 0) is 0 Å². The van der Waals surface area contributed by atoms with Gasteiger partial charge in [-0.15, -0.1) is 0 Å². The minimum atomic E-state index is 0.215. The van der Waals surface area contributed by atoms with E-state index in [0.29, 0.717) is 0 Å². The Labute approximate surface area is 143 Å². The van der Waals surface area contributed by atoms with Crippen LogP contribution in [0.25, 0.3) is 52.1 Å². The van der Waals surface area contributed by atoms with E-state index in [2.05, 4.69) is 54.6 Å². The summed E-state index contributed by atoms with van der Waals surface area (Å²) in [7, 11) is 0. The predicted molar refractivity (Wildman–Crippen MR) is 101 cm³/mol. The van der Waals surface area contributed by atoms with Gasteiger partial charge in [0.2, 0.25) is 0 Å². The Hall–Kier alpha value is -2.61. The maximum absolute atomic E-state index is 6.08. The molecule has 0 unspecified atom stereocenters. The molecular weight excluding hydrogens is 361 g/mol. The molecule has 0 bridgehead atoms. The molecule has 6 rings (SSSR count). The minimum absolute atomic E-state index is 0.215. The number of furan rings is 1. The zero-order valence-corrected chi connectivity index (χ0v) is 14.3. The molecule has 112 valence electrons. The number of hydrogen-bond acceptors (Lipinski definition) is 2. The normalized spacial score (nSPS) is 12.2. The van der Waals surface area contributed by atoms with Gasteiger partial charge in [-0.1, -0.05) is 0 Å². The third kappa shape index (κ3) is 1.53. The monoisotopic (exact) mass is 373 g/mol. The molecule has 0 atom stereocenters. The van der Waals surface area contributed by atoms with Gasteiger partial charge < -0.3 is 0 Å². The Morgan fingerprint density at radius 2 is 1.67 bits per heavy atom. The fourth-order valence-electron chi connectivity index (χ4n) is 3.67. The van der Waals surface area contributed by atoms with Crippen LogP contribution in [0.3, 0.4) is 0 Å². The molecule has 0 radical (unpaired) electrons. The van der Waals surface area contributed by atoms with Gasteiger partial charge in [-0.25, -0.2) is 0 Å². The Kier molecular flexibility index (Phi) is 2.38. The van der Waals surface area contributed by atoms with Gasteiger partial charge in [0.1, 0.15) is 0 Å². The molecule has 24 heavy (non-hydrogen) atoms. The van der Waals surface area contributed by atoms with Crippen molar-refractivity contribution in [3.63, 3.8) is 0 Å². The molecule has 0 saturated heterocycles. The van der Waals surface area contributed by atoms with E-state index in [0.717, 1.165) is 16.7 Å². The number of aromatic nitrogens is 1. The third-order valence-corrected chi connectivity index (χ3v) is 7.24. The Morgan fingerprint density at radius 3 is 2.67 bits per heavy atom. The molecule has 0 saturated carbocycles. The Morgan fingerprint density at radius 1 is 0.750 bits per heavy atom. The summed E-state index contributed by atoms with van der Waals surface area (Å²) in [5.74, 6) is 0. The average Bonchev–Trinajstić information content (AvgIpc) is 2.94. The van der Waals surface area contributed by atoms with Crippen molar-refractivity contribution in [2.45, 2.75) is 0 Å². The zero-order chi connectivity index (χ0) is 15.7. The first-order valence-corrected chi connectivity index (χ1v) is 9.62. The molecular formula is C21H11NOSe. The number of fused-ring (bicyclic) bond motifs is 4. The second kappa shape index (κ2) is 4.47. The van der Waals surface area contributed by atoms with Crippen molar-refractivity contribution in [3.05, 3.63) is 66.9 Å². The van der Waals surface area contributed by atoms with Crippen LogP contribution in [0.5, 0.6) is 0 Å². The zero-order valence-electron chi connectivity index (χ0n) is 12.6. The maximum atomic E-state index is 6.08. The average molecular weight is 372 g/mol. The van der Waals surface area contributed by atoms with Crippen molar-refractivity contribution in [1.29, 1.82) is 0 Å². The fourth-order valence-corrected chi connectivity index (χ4v) is 6.28. The Bertz CT molecular complexity index is 1410. The van der Waals surface area contributed by atoms with Crippen LogP contribution in [-0.4, -0.2) is 19.5 Å².